The maximum Gasteiger partial charge on any atom is 0.241 e. The van der Waals surface area contributed by atoms with Gasteiger partial charge in [-0.15, -0.1) is 0 Å². The molecular weight excluding hydrogens is 274 g/mol. The normalized spacial score (nSPS) is 13.5. The minimum atomic E-state index is -3.55. The molecule has 1 aromatic heterocycles. The molecule has 0 bridgehead atoms. The summed E-state index contributed by atoms with van der Waals surface area (Å²) in [5.41, 5.74) is 5.51. The molecule has 20 heavy (non-hydrogen) atoms. The van der Waals surface area contributed by atoms with Crippen molar-refractivity contribution in [1.29, 1.82) is 0 Å². The van der Waals surface area contributed by atoms with E-state index in [1.807, 2.05) is 13.0 Å². The minimum Gasteiger partial charge on any atom is -0.330 e. The van der Waals surface area contributed by atoms with Gasteiger partial charge >= 0.3 is 0 Å². The number of nitrogens with two attached hydrogens (primary N) is 1. The Bertz CT molecular complexity index is 680. The van der Waals surface area contributed by atoms with Crippen LogP contribution in [0, 0.1) is 0 Å². The van der Waals surface area contributed by atoms with Gasteiger partial charge in [-0.2, -0.15) is 0 Å². The molecule has 0 aliphatic carbocycles. The molecule has 3 N–H and O–H groups in total. The van der Waals surface area contributed by atoms with Gasteiger partial charge in [0.2, 0.25) is 10.0 Å². The number of fused-ring (bicyclic) bond motifs is 1. The van der Waals surface area contributed by atoms with Gasteiger partial charge in [-0.25, -0.2) is 13.1 Å². The van der Waals surface area contributed by atoms with Crippen molar-refractivity contribution < 1.29 is 8.42 Å². The third-order valence-electron chi connectivity index (χ3n) is 3.26. The highest BCUT2D eigenvalue weighted by Crippen LogP contribution is 2.22. The van der Waals surface area contributed by atoms with Crippen molar-refractivity contribution in [3.8, 4) is 0 Å². The van der Waals surface area contributed by atoms with E-state index >= 15 is 0 Å². The lowest BCUT2D eigenvalue weighted by Gasteiger charge is -2.17. The first-order valence-electron chi connectivity index (χ1n) is 6.63. The summed E-state index contributed by atoms with van der Waals surface area (Å²) in [6.07, 6.45) is 4.59. The van der Waals surface area contributed by atoms with Crippen molar-refractivity contribution in [2.45, 2.75) is 30.7 Å². The standard InChI is InChI=1S/C14H19N3O2S/c1-2-12(6-8-15)17-20(18,19)14-5-3-4-11-10-16-9-7-13(11)14/h3-5,7,9-10,12,17H,2,6,8,15H2,1H3. The molecule has 5 nitrogen and oxygen atoms in total. The molecule has 2 rings (SSSR count). The zero-order valence-electron chi connectivity index (χ0n) is 11.4. The largest absolute Gasteiger partial charge is 0.330 e. The monoisotopic (exact) mass is 293 g/mol. The predicted octanol–water partition coefficient (Wildman–Crippen LogP) is 1.64. The summed E-state index contributed by atoms with van der Waals surface area (Å²) in [4.78, 5) is 4.30. The smallest absolute Gasteiger partial charge is 0.241 e. The topological polar surface area (TPSA) is 85.1 Å². The van der Waals surface area contributed by atoms with Crippen LogP contribution in [0.3, 0.4) is 0 Å². The van der Waals surface area contributed by atoms with Gasteiger partial charge in [0.25, 0.3) is 0 Å². The lowest BCUT2D eigenvalue weighted by molar-refractivity contribution is 0.521. The van der Waals surface area contributed by atoms with Crippen molar-refractivity contribution in [3.05, 3.63) is 36.7 Å². The van der Waals surface area contributed by atoms with Crippen LogP contribution in [0.1, 0.15) is 19.8 Å². The van der Waals surface area contributed by atoms with Crippen molar-refractivity contribution in [3.63, 3.8) is 0 Å². The molecule has 0 fully saturated rings. The van der Waals surface area contributed by atoms with E-state index in [2.05, 4.69) is 9.71 Å². The highest BCUT2D eigenvalue weighted by atomic mass is 32.2. The first-order chi connectivity index (χ1) is 9.58. The van der Waals surface area contributed by atoms with Gasteiger partial charge in [0.05, 0.1) is 4.90 Å². The van der Waals surface area contributed by atoms with Crippen LogP contribution in [0.5, 0.6) is 0 Å². The van der Waals surface area contributed by atoms with Crippen LogP contribution in [0.2, 0.25) is 0 Å². The maximum atomic E-state index is 12.5. The number of sulfonamides is 1. The van der Waals surface area contributed by atoms with Crippen LogP contribution < -0.4 is 10.5 Å². The van der Waals surface area contributed by atoms with Gasteiger partial charge in [-0.3, -0.25) is 4.98 Å². The fourth-order valence-corrected chi connectivity index (χ4v) is 3.74. The number of hydrogen-bond acceptors (Lipinski definition) is 4. The fourth-order valence-electron chi connectivity index (χ4n) is 2.16. The Balaban J connectivity index is 2.41. The molecule has 0 saturated heterocycles. The summed E-state index contributed by atoms with van der Waals surface area (Å²) in [6, 6.07) is 6.76. The van der Waals surface area contributed by atoms with Gasteiger partial charge in [0, 0.05) is 29.2 Å². The Kier molecular flexibility index (Phi) is 4.69. The molecule has 1 unspecified atom stereocenters. The molecule has 1 heterocycles. The minimum absolute atomic E-state index is 0.137. The summed E-state index contributed by atoms with van der Waals surface area (Å²) in [5.74, 6) is 0. The highest BCUT2D eigenvalue weighted by molar-refractivity contribution is 7.89. The van der Waals surface area contributed by atoms with Gasteiger partial charge in [0.1, 0.15) is 0 Å². The molecule has 0 saturated carbocycles. The summed E-state index contributed by atoms with van der Waals surface area (Å²) >= 11 is 0. The summed E-state index contributed by atoms with van der Waals surface area (Å²) in [6.45, 7) is 2.40. The van der Waals surface area contributed by atoms with Crippen LogP contribution in [-0.4, -0.2) is 26.0 Å². The van der Waals surface area contributed by atoms with Crippen molar-refractivity contribution >= 4 is 20.8 Å². The number of aromatic nitrogens is 1. The van der Waals surface area contributed by atoms with E-state index in [1.165, 1.54) is 0 Å². The molecule has 0 aliphatic rings. The number of hydrogen-bond donors (Lipinski definition) is 2. The zero-order chi connectivity index (χ0) is 14.6. The second-order valence-electron chi connectivity index (χ2n) is 4.66. The van der Waals surface area contributed by atoms with Crippen LogP contribution >= 0.6 is 0 Å². The van der Waals surface area contributed by atoms with Gasteiger partial charge in [-0.05, 0) is 31.5 Å². The number of benzene rings is 1. The van der Waals surface area contributed by atoms with Crippen molar-refractivity contribution in [2.24, 2.45) is 5.73 Å². The molecule has 0 radical (unpaired) electrons. The van der Waals surface area contributed by atoms with E-state index in [9.17, 15) is 8.42 Å². The zero-order valence-corrected chi connectivity index (χ0v) is 12.2. The molecule has 1 aromatic carbocycles. The highest BCUT2D eigenvalue weighted by Gasteiger charge is 2.20. The van der Waals surface area contributed by atoms with Crippen LogP contribution in [0.15, 0.2) is 41.6 Å². The first kappa shape index (κ1) is 14.9. The number of nitrogens with one attached hydrogen (secondary N) is 1. The van der Waals surface area contributed by atoms with E-state index in [-0.39, 0.29) is 10.9 Å². The molecule has 0 spiro atoms. The van der Waals surface area contributed by atoms with Crippen molar-refractivity contribution in [2.75, 3.05) is 6.54 Å². The van der Waals surface area contributed by atoms with Crippen LogP contribution in [0.25, 0.3) is 10.8 Å². The predicted molar refractivity (Wildman–Crippen MR) is 79.8 cm³/mol. The number of nitrogens with zero attached hydrogens (tertiary/aromatic N) is 1. The fraction of sp³-hybridized carbons (Fsp3) is 0.357. The molecule has 0 amide bonds. The summed E-state index contributed by atoms with van der Waals surface area (Å²) < 4.78 is 27.8. The summed E-state index contributed by atoms with van der Waals surface area (Å²) in [7, 11) is -3.55. The summed E-state index contributed by atoms with van der Waals surface area (Å²) in [5, 5.41) is 1.49. The quantitative estimate of drug-likeness (QED) is 0.848. The van der Waals surface area contributed by atoms with Crippen LogP contribution in [-0.2, 0) is 10.0 Å². The van der Waals surface area contributed by atoms with E-state index < -0.39 is 10.0 Å². The van der Waals surface area contributed by atoms with Crippen molar-refractivity contribution in [1.82, 2.24) is 9.71 Å². The molecule has 108 valence electrons. The van der Waals surface area contributed by atoms with Gasteiger partial charge in [0.15, 0.2) is 0 Å². The van der Waals surface area contributed by atoms with E-state index in [4.69, 9.17) is 5.73 Å². The average molecular weight is 293 g/mol. The average Bonchev–Trinajstić information content (AvgIpc) is 2.46. The van der Waals surface area contributed by atoms with Gasteiger partial charge < -0.3 is 5.73 Å². The molecular formula is C14H19N3O2S. The SMILES string of the molecule is CCC(CCN)NS(=O)(=O)c1cccc2cnccc12. The van der Waals surface area contributed by atoms with Crippen LogP contribution in [0.4, 0.5) is 0 Å². The third-order valence-corrected chi connectivity index (χ3v) is 4.84. The maximum absolute atomic E-state index is 12.5. The number of pyridine rings is 1. The second kappa shape index (κ2) is 6.30. The molecule has 6 heteroatoms. The molecule has 2 aromatic rings. The Morgan fingerprint density at radius 1 is 1.35 bits per heavy atom. The van der Waals surface area contributed by atoms with E-state index in [0.717, 1.165) is 5.39 Å². The number of rotatable bonds is 6. The lowest BCUT2D eigenvalue weighted by Crippen LogP contribution is -2.35. The van der Waals surface area contributed by atoms with E-state index in [1.54, 1.807) is 30.6 Å². The first-order valence-corrected chi connectivity index (χ1v) is 8.12. The van der Waals surface area contributed by atoms with Gasteiger partial charge in [-0.1, -0.05) is 19.1 Å². The van der Waals surface area contributed by atoms with E-state index in [0.29, 0.717) is 24.8 Å². The third kappa shape index (κ3) is 3.15. The Hall–Kier alpha value is -1.50. The molecule has 1 atom stereocenters. The Labute approximate surface area is 119 Å². The Morgan fingerprint density at radius 2 is 2.15 bits per heavy atom. The lowest BCUT2D eigenvalue weighted by atomic mass is 10.2. The second-order valence-corrected chi connectivity index (χ2v) is 6.34. The Morgan fingerprint density at radius 3 is 2.85 bits per heavy atom. The molecule has 0 aliphatic heterocycles.